The Morgan fingerprint density at radius 3 is 3.00 bits per heavy atom. The predicted molar refractivity (Wildman–Crippen MR) is 48.0 cm³/mol. The summed E-state index contributed by atoms with van der Waals surface area (Å²) in [5.41, 5.74) is 4.99. The number of carbonyl (C=O) groups is 1. The molecule has 1 aromatic rings. The molecule has 0 fully saturated rings. The van der Waals surface area contributed by atoms with Gasteiger partial charge in [-0.05, 0) is 6.42 Å². The van der Waals surface area contributed by atoms with Gasteiger partial charge in [0, 0.05) is 0 Å². The number of primary amides is 1. The molecule has 0 aliphatic heterocycles. The molecule has 1 heterocycles. The second-order valence-electron chi connectivity index (χ2n) is 2.53. The van der Waals surface area contributed by atoms with Crippen LogP contribution in [0.15, 0.2) is 18.5 Å². The Hall–Kier alpha value is -1.65. The highest BCUT2D eigenvalue weighted by Crippen LogP contribution is 1.90. The summed E-state index contributed by atoms with van der Waals surface area (Å²) in [5.74, 6) is -0.539. The van der Waals surface area contributed by atoms with Gasteiger partial charge in [-0.3, -0.25) is 4.79 Å². The number of hydrogen-bond acceptors (Lipinski definition) is 3. The van der Waals surface area contributed by atoms with E-state index in [1.54, 1.807) is 4.68 Å². The first-order chi connectivity index (χ1) is 6.24. The third-order valence-electron chi connectivity index (χ3n) is 1.45. The molecule has 5 nitrogen and oxygen atoms in total. The Kier molecular flexibility index (Phi) is 3.19. The molecule has 0 bridgehead atoms. The van der Waals surface area contributed by atoms with Crippen LogP contribution in [0.5, 0.6) is 0 Å². The van der Waals surface area contributed by atoms with Crippen LogP contribution < -0.4 is 5.73 Å². The maximum atomic E-state index is 10.6. The lowest BCUT2D eigenvalue weighted by atomic mass is 10.4. The van der Waals surface area contributed by atoms with E-state index in [2.05, 4.69) is 10.1 Å². The summed E-state index contributed by atoms with van der Waals surface area (Å²) in [7, 11) is 0. The van der Waals surface area contributed by atoms with E-state index < -0.39 is 5.91 Å². The van der Waals surface area contributed by atoms with E-state index >= 15 is 0 Å². The van der Waals surface area contributed by atoms with E-state index in [0.717, 1.165) is 6.42 Å². The number of rotatable bonds is 4. The average Bonchev–Trinajstić information content (AvgIpc) is 2.53. The van der Waals surface area contributed by atoms with Crippen LogP contribution >= 0.6 is 0 Å². The summed E-state index contributed by atoms with van der Waals surface area (Å²) < 4.78 is 1.56. The van der Waals surface area contributed by atoms with Crippen molar-refractivity contribution < 1.29 is 4.79 Å². The molecular formula is C8H12N4O. The van der Waals surface area contributed by atoms with Gasteiger partial charge in [0.15, 0.2) is 0 Å². The lowest BCUT2D eigenvalue weighted by Crippen LogP contribution is -2.13. The lowest BCUT2D eigenvalue weighted by molar-refractivity contribution is 0.0990. The minimum Gasteiger partial charge on any atom is -0.363 e. The van der Waals surface area contributed by atoms with E-state index in [4.69, 9.17) is 5.73 Å². The van der Waals surface area contributed by atoms with Crippen LogP contribution in [0, 0.1) is 0 Å². The Labute approximate surface area is 76.3 Å². The van der Waals surface area contributed by atoms with Gasteiger partial charge in [0.25, 0.3) is 5.91 Å². The second kappa shape index (κ2) is 4.39. The third-order valence-corrected chi connectivity index (χ3v) is 1.45. The van der Waals surface area contributed by atoms with E-state index in [1.807, 2.05) is 19.1 Å². The molecule has 5 heteroatoms. The van der Waals surface area contributed by atoms with Crippen LogP contribution in [0.4, 0.5) is 0 Å². The summed E-state index contributed by atoms with van der Waals surface area (Å²) >= 11 is 0. The van der Waals surface area contributed by atoms with E-state index in [0.29, 0.717) is 6.54 Å². The van der Waals surface area contributed by atoms with Crippen molar-refractivity contribution in [3.8, 4) is 0 Å². The monoisotopic (exact) mass is 180 g/mol. The van der Waals surface area contributed by atoms with Gasteiger partial charge in [-0.25, -0.2) is 9.67 Å². The van der Waals surface area contributed by atoms with Crippen molar-refractivity contribution in [3.05, 3.63) is 24.3 Å². The highest BCUT2D eigenvalue weighted by Gasteiger charge is 2.04. The Bertz CT molecular complexity index is 316. The van der Waals surface area contributed by atoms with Crippen molar-refractivity contribution in [2.75, 3.05) is 0 Å². The number of hydrogen-bond donors (Lipinski definition) is 1. The van der Waals surface area contributed by atoms with Gasteiger partial charge in [0.1, 0.15) is 6.33 Å². The number of aromatic nitrogens is 3. The maximum absolute atomic E-state index is 10.6. The number of allylic oxidation sites excluding steroid dienone is 2. The number of nitrogens with zero attached hydrogens (tertiary/aromatic N) is 3. The molecule has 1 rings (SSSR count). The third kappa shape index (κ3) is 2.70. The molecule has 70 valence electrons. The van der Waals surface area contributed by atoms with E-state index in [1.165, 1.54) is 6.33 Å². The zero-order valence-corrected chi connectivity index (χ0v) is 7.47. The van der Waals surface area contributed by atoms with E-state index in [-0.39, 0.29) is 5.82 Å². The first-order valence-corrected chi connectivity index (χ1v) is 4.08. The summed E-state index contributed by atoms with van der Waals surface area (Å²) in [5, 5.41) is 3.86. The average molecular weight is 180 g/mol. The highest BCUT2D eigenvalue weighted by atomic mass is 16.1. The van der Waals surface area contributed by atoms with Crippen LogP contribution in [-0.4, -0.2) is 20.7 Å². The van der Waals surface area contributed by atoms with Crippen molar-refractivity contribution >= 4 is 5.91 Å². The van der Waals surface area contributed by atoms with Gasteiger partial charge >= 0.3 is 0 Å². The van der Waals surface area contributed by atoms with Crippen molar-refractivity contribution in [2.45, 2.75) is 19.9 Å². The molecule has 0 unspecified atom stereocenters. The number of carbonyl (C=O) groups excluding carboxylic acids is 1. The molecule has 1 amide bonds. The largest absolute Gasteiger partial charge is 0.363 e. The highest BCUT2D eigenvalue weighted by molar-refractivity contribution is 5.88. The Balaban J connectivity index is 2.59. The van der Waals surface area contributed by atoms with Gasteiger partial charge in [0.2, 0.25) is 5.82 Å². The molecular weight excluding hydrogens is 168 g/mol. The SMILES string of the molecule is CC/C=C/Cn1cnc(C(N)=O)n1. The van der Waals surface area contributed by atoms with Crippen LogP contribution in [0.1, 0.15) is 24.0 Å². The van der Waals surface area contributed by atoms with Crippen molar-refractivity contribution in [1.82, 2.24) is 14.8 Å². The summed E-state index contributed by atoms with van der Waals surface area (Å²) in [4.78, 5) is 14.3. The minimum absolute atomic E-state index is 0.0601. The fraction of sp³-hybridized carbons (Fsp3) is 0.375. The van der Waals surface area contributed by atoms with Crippen LogP contribution in [0.2, 0.25) is 0 Å². The Morgan fingerprint density at radius 2 is 2.46 bits per heavy atom. The molecule has 2 N–H and O–H groups in total. The van der Waals surface area contributed by atoms with Gasteiger partial charge in [-0.2, -0.15) is 0 Å². The molecule has 1 aromatic heterocycles. The van der Waals surface area contributed by atoms with Crippen LogP contribution in [0.25, 0.3) is 0 Å². The topological polar surface area (TPSA) is 73.8 Å². The zero-order valence-electron chi connectivity index (χ0n) is 7.47. The minimum atomic E-state index is -0.599. The number of amides is 1. The standard InChI is InChI=1S/C8H12N4O/c1-2-3-4-5-12-6-10-8(11-12)7(9)13/h3-4,6H,2,5H2,1H3,(H2,9,13)/b4-3+. The fourth-order valence-electron chi connectivity index (χ4n) is 0.845. The molecule has 13 heavy (non-hydrogen) atoms. The molecule has 0 aromatic carbocycles. The maximum Gasteiger partial charge on any atom is 0.288 e. The molecule has 0 saturated heterocycles. The van der Waals surface area contributed by atoms with Crippen LogP contribution in [0.3, 0.4) is 0 Å². The summed E-state index contributed by atoms with van der Waals surface area (Å²) in [6, 6.07) is 0. The number of nitrogens with two attached hydrogens (primary N) is 1. The normalized spacial score (nSPS) is 10.8. The zero-order chi connectivity index (χ0) is 9.68. The summed E-state index contributed by atoms with van der Waals surface area (Å²) in [6.45, 7) is 2.67. The molecule has 0 radical (unpaired) electrons. The molecule has 0 spiro atoms. The van der Waals surface area contributed by atoms with E-state index in [9.17, 15) is 4.79 Å². The van der Waals surface area contributed by atoms with Gasteiger partial charge < -0.3 is 5.73 Å². The fourth-order valence-corrected chi connectivity index (χ4v) is 0.845. The van der Waals surface area contributed by atoms with Gasteiger partial charge in [0.05, 0.1) is 6.54 Å². The summed E-state index contributed by atoms with van der Waals surface area (Å²) in [6.07, 6.45) is 6.45. The molecule has 0 atom stereocenters. The quantitative estimate of drug-likeness (QED) is 0.679. The molecule has 0 aliphatic rings. The molecule has 0 saturated carbocycles. The van der Waals surface area contributed by atoms with Crippen molar-refractivity contribution in [2.24, 2.45) is 5.73 Å². The van der Waals surface area contributed by atoms with Crippen LogP contribution in [-0.2, 0) is 6.54 Å². The molecule has 0 aliphatic carbocycles. The lowest BCUT2D eigenvalue weighted by Gasteiger charge is -1.91. The van der Waals surface area contributed by atoms with Crippen molar-refractivity contribution in [1.29, 1.82) is 0 Å². The predicted octanol–water partition coefficient (Wildman–Crippen LogP) is 0.343. The van der Waals surface area contributed by atoms with Crippen molar-refractivity contribution in [3.63, 3.8) is 0 Å². The second-order valence-corrected chi connectivity index (χ2v) is 2.53. The first kappa shape index (κ1) is 9.44. The smallest absolute Gasteiger partial charge is 0.288 e. The Morgan fingerprint density at radius 1 is 1.69 bits per heavy atom. The van der Waals surface area contributed by atoms with Gasteiger partial charge in [-0.15, -0.1) is 5.10 Å². The van der Waals surface area contributed by atoms with Gasteiger partial charge in [-0.1, -0.05) is 19.1 Å². The first-order valence-electron chi connectivity index (χ1n) is 4.08.